The van der Waals surface area contributed by atoms with Gasteiger partial charge < -0.3 is 0 Å². The second kappa shape index (κ2) is 5.26. The van der Waals surface area contributed by atoms with Crippen LogP contribution < -0.4 is 9.47 Å². The highest BCUT2D eigenvalue weighted by molar-refractivity contribution is 6.20. The average molecular weight is 308 g/mol. The Hall–Kier alpha value is -2.56. The van der Waals surface area contributed by atoms with Crippen molar-refractivity contribution in [3.63, 3.8) is 0 Å². The van der Waals surface area contributed by atoms with Crippen molar-refractivity contribution >= 4 is 17.6 Å². The molecule has 0 radical (unpaired) electrons. The molecule has 0 spiro atoms. The molecule has 0 saturated carbocycles. The maximum absolute atomic E-state index is 12.9. The Morgan fingerprint density at radius 2 is 1.87 bits per heavy atom. The summed E-state index contributed by atoms with van der Waals surface area (Å²) < 4.78 is 1.57. The largest absolute Gasteiger partial charge is 0.512 e. The summed E-state index contributed by atoms with van der Waals surface area (Å²) in [6, 6.07) is 7.30. The molecule has 0 saturated heterocycles. The van der Waals surface area contributed by atoms with Crippen molar-refractivity contribution in [3.8, 4) is 0 Å². The molecule has 0 fully saturated rings. The van der Waals surface area contributed by atoms with Gasteiger partial charge in [0.05, 0.1) is 11.9 Å². The Labute approximate surface area is 134 Å². The third-order valence-corrected chi connectivity index (χ3v) is 4.67. The first-order valence-corrected chi connectivity index (χ1v) is 8.11. The van der Waals surface area contributed by atoms with Gasteiger partial charge in [-0.15, -0.1) is 9.47 Å². The SMILES string of the molecule is CCc1ccc(N2C(=O)c3cnc4c([n+]3C2=O)CCCC4)cc1. The van der Waals surface area contributed by atoms with Crippen LogP contribution in [0.2, 0.25) is 0 Å². The predicted molar refractivity (Wildman–Crippen MR) is 84.5 cm³/mol. The second-order valence-corrected chi connectivity index (χ2v) is 6.02. The van der Waals surface area contributed by atoms with Crippen molar-refractivity contribution < 1.29 is 14.2 Å². The summed E-state index contributed by atoms with van der Waals surface area (Å²) in [4.78, 5) is 31.2. The van der Waals surface area contributed by atoms with E-state index in [2.05, 4.69) is 11.9 Å². The lowest BCUT2D eigenvalue weighted by Crippen LogP contribution is -2.50. The topological polar surface area (TPSA) is 54.2 Å². The fraction of sp³-hybridized carbons (Fsp3) is 0.333. The highest BCUT2D eigenvalue weighted by Gasteiger charge is 2.49. The van der Waals surface area contributed by atoms with Gasteiger partial charge in [0.1, 0.15) is 11.4 Å². The first kappa shape index (κ1) is 14.1. The van der Waals surface area contributed by atoms with Gasteiger partial charge in [0.25, 0.3) is 0 Å². The van der Waals surface area contributed by atoms with Crippen LogP contribution in [0.1, 0.15) is 47.2 Å². The quantitative estimate of drug-likeness (QED) is 0.801. The van der Waals surface area contributed by atoms with Crippen LogP contribution in [-0.2, 0) is 19.3 Å². The summed E-state index contributed by atoms with van der Waals surface area (Å²) in [5, 5.41) is 0. The summed E-state index contributed by atoms with van der Waals surface area (Å²) in [6.07, 6.45) is 6.27. The van der Waals surface area contributed by atoms with E-state index >= 15 is 0 Å². The van der Waals surface area contributed by atoms with Crippen LogP contribution in [0, 0.1) is 0 Å². The zero-order valence-electron chi connectivity index (χ0n) is 13.1. The normalized spacial score (nSPS) is 16.5. The molecule has 2 aliphatic rings. The maximum Gasteiger partial charge on any atom is 0.512 e. The van der Waals surface area contributed by atoms with E-state index in [4.69, 9.17) is 0 Å². The van der Waals surface area contributed by atoms with E-state index in [1.807, 2.05) is 24.3 Å². The lowest BCUT2D eigenvalue weighted by Gasteiger charge is -2.13. The Morgan fingerprint density at radius 1 is 1.13 bits per heavy atom. The van der Waals surface area contributed by atoms with Gasteiger partial charge in [0, 0.05) is 6.42 Å². The smallest absolute Gasteiger partial charge is 0.252 e. The molecule has 0 bridgehead atoms. The molecule has 2 amide bonds. The molecule has 5 nitrogen and oxygen atoms in total. The van der Waals surface area contributed by atoms with Crippen molar-refractivity contribution in [2.75, 3.05) is 4.90 Å². The average Bonchev–Trinajstić information content (AvgIpc) is 2.86. The monoisotopic (exact) mass is 308 g/mol. The first-order chi connectivity index (χ1) is 11.2. The molecule has 1 aliphatic carbocycles. The number of hydrogen-bond donors (Lipinski definition) is 0. The molecule has 116 valence electrons. The van der Waals surface area contributed by atoms with Gasteiger partial charge in [-0.2, -0.15) is 4.79 Å². The molecular weight excluding hydrogens is 290 g/mol. The third-order valence-electron chi connectivity index (χ3n) is 4.67. The van der Waals surface area contributed by atoms with Gasteiger partial charge in [-0.25, -0.2) is 4.79 Å². The third kappa shape index (κ3) is 2.07. The number of anilines is 1. The number of carbonyl (C=O) groups is 2. The number of aryl methyl sites for hydroxylation is 2. The first-order valence-electron chi connectivity index (χ1n) is 8.11. The lowest BCUT2D eigenvalue weighted by molar-refractivity contribution is -0.576. The number of benzene rings is 1. The fourth-order valence-electron chi connectivity index (χ4n) is 3.37. The Balaban J connectivity index is 1.80. The van der Waals surface area contributed by atoms with Crippen LogP contribution >= 0.6 is 0 Å². The molecule has 2 aromatic rings. The molecule has 4 rings (SSSR count). The highest BCUT2D eigenvalue weighted by atomic mass is 16.2. The minimum atomic E-state index is -0.292. The molecule has 1 aromatic carbocycles. The molecule has 5 heteroatoms. The molecule has 0 atom stereocenters. The Kier molecular flexibility index (Phi) is 3.22. The number of carbonyl (C=O) groups excluding carboxylic acids is 2. The van der Waals surface area contributed by atoms with Gasteiger partial charge in [0.2, 0.25) is 5.69 Å². The van der Waals surface area contributed by atoms with Crippen LogP contribution in [0.3, 0.4) is 0 Å². The summed E-state index contributed by atoms with van der Waals surface area (Å²) >= 11 is 0. The Morgan fingerprint density at radius 3 is 2.61 bits per heavy atom. The summed E-state index contributed by atoms with van der Waals surface area (Å²) in [6.45, 7) is 2.07. The van der Waals surface area contributed by atoms with Crippen LogP contribution in [0.4, 0.5) is 10.5 Å². The predicted octanol–water partition coefficient (Wildman–Crippen LogP) is 2.44. The van der Waals surface area contributed by atoms with Crippen molar-refractivity contribution in [3.05, 3.63) is 53.1 Å². The number of rotatable bonds is 2. The van der Waals surface area contributed by atoms with Crippen LogP contribution in [0.15, 0.2) is 30.5 Å². The minimum Gasteiger partial charge on any atom is -0.252 e. The Bertz CT molecular complexity index is 812. The molecule has 23 heavy (non-hydrogen) atoms. The summed E-state index contributed by atoms with van der Waals surface area (Å²) in [5.41, 5.74) is 4.02. The van der Waals surface area contributed by atoms with E-state index in [-0.39, 0.29) is 11.9 Å². The van der Waals surface area contributed by atoms with Gasteiger partial charge in [0.15, 0.2) is 0 Å². The van der Waals surface area contributed by atoms with Gasteiger partial charge in [-0.3, -0.25) is 4.98 Å². The fourth-order valence-corrected chi connectivity index (χ4v) is 3.37. The molecule has 1 aliphatic heterocycles. The van der Waals surface area contributed by atoms with Crippen molar-refractivity contribution in [2.24, 2.45) is 0 Å². The number of hydrogen-bond acceptors (Lipinski definition) is 3. The second-order valence-electron chi connectivity index (χ2n) is 6.02. The molecular formula is C18H18N3O2+. The minimum absolute atomic E-state index is 0.283. The number of fused-ring (bicyclic) bond motifs is 3. The van der Waals surface area contributed by atoms with Gasteiger partial charge in [-0.1, -0.05) is 19.1 Å². The maximum atomic E-state index is 12.9. The molecule has 0 unspecified atom stereocenters. The molecule has 2 heterocycles. The van der Waals surface area contributed by atoms with E-state index in [1.54, 1.807) is 10.8 Å². The van der Waals surface area contributed by atoms with E-state index in [1.165, 1.54) is 10.5 Å². The van der Waals surface area contributed by atoms with E-state index < -0.39 is 0 Å². The number of nitrogens with zero attached hydrogens (tertiary/aromatic N) is 3. The lowest BCUT2D eigenvalue weighted by atomic mass is 10.00. The van der Waals surface area contributed by atoms with Crippen molar-refractivity contribution in [1.29, 1.82) is 0 Å². The van der Waals surface area contributed by atoms with E-state index in [0.29, 0.717) is 11.4 Å². The zero-order chi connectivity index (χ0) is 16.0. The number of amides is 2. The van der Waals surface area contributed by atoms with Crippen LogP contribution in [-0.4, -0.2) is 16.9 Å². The van der Waals surface area contributed by atoms with Crippen molar-refractivity contribution in [2.45, 2.75) is 39.0 Å². The summed E-state index contributed by atoms with van der Waals surface area (Å²) in [7, 11) is 0. The van der Waals surface area contributed by atoms with Crippen molar-refractivity contribution in [1.82, 2.24) is 4.98 Å². The van der Waals surface area contributed by atoms with Gasteiger partial charge in [-0.05, 0) is 43.4 Å². The molecule has 1 aromatic heterocycles. The standard InChI is InChI=1S/C18H18N3O2/c1-2-12-7-9-13(10-8-12)20-17(22)16-11-19-14-5-3-4-6-15(14)21(16)18(20)23/h7-11H,2-6H2,1H3/q+1. The zero-order valence-corrected chi connectivity index (χ0v) is 13.1. The van der Waals surface area contributed by atoms with E-state index in [9.17, 15) is 9.59 Å². The van der Waals surface area contributed by atoms with E-state index in [0.717, 1.165) is 43.5 Å². The number of aromatic nitrogens is 2. The molecule has 0 N–H and O–H groups in total. The highest BCUT2D eigenvalue weighted by Crippen LogP contribution is 2.24. The van der Waals surface area contributed by atoms with Gasteiger partial charge >= 0.3 is 11.9 Å². The summed E-state index contributed by atoms with van der Waals surface area (Å²) in [5.74, 6) is -0.292. The van der Waals surface area contributed by atoms with Crippen LogP contribution in [0.25, 0.3) is 0 Å². The number of imide groups is 1. The van der Waals surface area contributed by atoms with Crippen LogP contribution in [0.5, 0.6) is 0 Å².